The van der Waals surface area contributed by atoms with Gasteiger partial charge in [0.05, 0.1) is 0 Å². The third-order valence-electron chi connectivity index (χ3n) is 5.51. The second-order valence-electron chi connectivity index (χ2n) is 5.81. The Morgan fingerprint density at radius 3 is 2.83 bits per heavy atom. The lowest BCUT2D eigenvalue weighted by Crippen LogP contribution is -2.24. The first kappa shape index (κ1) is 7.41. The molecule has 4 bridgehead atoms. The highest BCUT2D eigenvalue weighted by Gasteiger charge is 2.59. The molecule has 12 heavy (non-hydrogen) atoms. The average molecular weight is 164 g/mol. The lowest BCUT2D eigenvalue weighted by Gasteiger charge is -2.32. The maximum Gasteiger partial charge on any atom is -0.0266 e. The predicted molar refractivity (Wildman–Crippen MR) is 50.8 cm³/mol. The molecule has 68 valence electrons. The largest absolute Gasteiger partial charge is 0.0620 e. The molecule has 0 aliphatic heterocycles. The molecule has 5 atom stereocenters. The second-order valence-corrected chi connectivity index (χ2v) is 5.81. The first-order valence-corrected chi connectivity index (χ1v) is 5.72. The van der Waals surface area contributed by atoms with Crippen LogP contribution >= 0.6 is 0 Å². The van der Waals surface area contributed by atoms with E-state index in [4.69, 9.17) is 0 Å². The molecule has 3 rings (SSSR count). The molecular formula is C12H20. The van der Waals surface area contributed by atoms with E-state index in [0.29, 0.717) is 0 Å². The zero-order valence-electron chi connectivity index (χ0n) is 8.34. The Balaban J connectivity index is 2.00. The zero-order chi connectivity index (χ0) is 8.34. The van der Waals surface area contributed by atoms with Crippen molar-refractivity contribution in [1.82, 2.24) is 0 Å². The van der Waals surface area contributed by atoms with E-state index in [0.717, 1.165) is 29.1 Å². The quantitative estimate of drug-likeness (QED) is 0.514. The van der Waals surface area contributed by atoms with Crippen LogP contribution in [-0.4, -0.2) is 0 Å². The molecule has 0 aromatic rings. The van der Waals surface area contributed by atoms with E-state index in [1.54, 1.807) is 25.7 Å². The molecule has 0 heterocycles. The molecule has 0 radical (unpaired) electrons. The Labute approximate surface area is 75.7 Å². The number of hydrogen-bond donors (Lipinski definition) is 0. The van der Waals surface area contributed by atoms with E-state index in [2.05, 4.69) is 13.8 Å². The average Bonchev–Trinajstić information content (AvgIpc) is 2.39. The van der Waals surface area contributed by atoms with Crippen molar-refractivity contribution in [3.8, 4) is 0 Å². The third-order valence-corrected chi connectivity index (χ3v) is 5.51. The van der Waals surface area contributed by atoms with Crippen LogP contribution in [0.25, 0.3) is 0 Å². The van der Waals surface area contributed by atoms with E-state index in [1.165, 1.54) is 6.42 Å². The van der Waals surface area contributed by atoms with Crippen LogP contribution < -0.4 is 0 Å². The standard InChI is InChI=1S/C12H20/c1-8-6-10-9-4-3-5-11(10)12(8,2)7-9/h8-11H,3-7H2,1-2H3. The molecule has 0 saturated heterocycles. The number of hydrogen-bond acceptors (Lipinski definition) is 0. The van der Waals surface area contributed by atoms with Crippen molar-refractivity contribution < 1.29 is 0 Å². The van der Waals surface area contributed by atoms with Crippen LogP contribution in [0, 0.1) is 29.1 Å². The van der Waals surface area contributed by atoms with E-state index in [1.807, 2.05) is 0 Å². The normalized spacial score (nSPS) is 62.5. The summed E-state index contributed by atoms with van der Waals surface area (Å²) in [6.07, 6.45) is 7.79. The second kappa shape index (κ2) is 2.08. The summed E-state index contributed by atoms with van der Waals surface area (Å²) in [7, 11) is 0. The van der Waals surface area contributed by atoms with Crippen molar-refractivity contribution in [3.63, 3.8) is 0 Å². The minimum absolute atomic E-state index is 0.770. The fraction of sp³-hybridized carbons (Fsp3) is 1.00. The maximum atomic E-state index is 2.58. The van der Waals surface area contributed by atoms with Crippen molar-refractivity contribution in [2.45, 2.75) is 46.0 Å². The first-order chi connectivity index (χ1) is 5.72. The molecular weight excluding hydrogens is 144 g/mol. The van der Waals surface area contributed by atoms with Gasteiger partial charge in [0.2, 0.25) is 0 Å². The van der Waals surface area contributed by atoms with Gasteiger partial charge in [-0.1, -0.05) is 26.7 Å². The van der Waals surface area contributed by atoms with Crippen molar-refractivity contribution in [2.75, 3.05) is 0 Å². The van der Waals surface area contributed by atoms with Crippen molar-refractivity contribution in [1.29, 1.82) is 0 Å². The van der Waals surface area contributed by atoms with E-state index >= 15 is 0 Å². The van der Waals surface area contributed by atoms with Crippen LogP contribution in [0.3, 0.4) is 0 Å². The van der Waals surface area contributed by atoms with Gasteiger partial charge < -0.3 is 0 Å². The van der Waals surface area contributed by atoms with Crippen LogP contribution in [0.15, 0.2) is 0 Å². The van der Waals surface area contributed by atoms with Gasteiger partial charge in [-0.05, 0) is 48.3 Å². The van der Waals surface area contributed by atoms with Gasteiger partial charge in [-0.25, -0.2) is 0 Å². The summed E-state index contributed by atoms with van der Waals surface area (Å²) in [6.45, 7) is 5.07. The van der Waals surface area contributed by atoms with E-state index in [9.17, 15) is 0 Å². The smallest absolute Gasteiger partial charge is 0.0266 e. The molecule has 0 aromatic carbocycles. The summed E-state index contributed by atoms with van der Waals surface area (Å²) in [4.78, 5) is 0. The summed E-state index contributed by atoms with van der Waals surface area (Å²) in [5, 5.41) is 0. The lowest BCUT2D eigenvalue weighted by molar-refractivity contribution is 0.174. The summed E-state index contributed by atoms with van der Waals surface area (Å²) in [6, 6.07) is 0. The summed E-state index contributed by atoms with van der Waals surface area (Å²) < 4.78 is 0. The van der Waals surface area contributed by atoms with Gasteiger partial charge in [-0.3, -0.25) is 0 Å². The molecule has 3 aliphatic carbocycles. The Kier molecular flexibility index (Phi) is 1.28. The molecule has 3 fully saturated rings. The van der Waals surface area contributed by atoms with Gasteiger partial charge in [0, 0.05) is 0 Å². The fourth-order valence-corrected chi connectivity index (χ4v) is 4.75. The molecule has 0 nitrogen and oxygen atoms in total. The first-order valence-electron chi connectivity index (χ1n) is 5.72. The van der Waals surface area contributed by atoms with Gasteiger partial charge in [-0.2, -0.15) is 0 Å². The highest BCUT2D eigenvalue weighted by atomic mass is 14.6. The van der Waals surface area contributed by atoms with Crippen LogP contribution in [0.5, 0.6) is 0 Å². The van der Waals surface area contributed by atoms with E-state index < -0.39 is 0 Å². The van der Waals surface area contributed by atoms with Crippen LogP contribution in [0.1, 0.15) is 46.0 Å². The van der Waals surface area contributed by atoms with Crippen LogP contribution in [-0.2, 0) is 0 Å². The maximum absolute atomic E-state index is 2.58. The van der Waals surface area contributed by atoms with Gasteiger partial charge in [0.25, 0.3) is 0 Å². The molecule has 5 unspecified atom stereocenters. The van der Waals surface area contributed by atoms with Gasteiger partial charge >= 0.3 is 0 Å². The van der Waals surface area contributed by atoms with Crippen LogP contribution in [0.4, 0.5) is 0 Å². The minimum Gasteiger partial charge on any atom is -0.0620 e. The summed E-state index contributed by atoms with van der Waals surface area (Å²) in [5.41, 5.74) is 0.770. The van der Waals surface area contributed by atoms with Gasteiger partial charge in [0.1, 0.15) is 0 Å². The summed E-state index contributed by atoms with van der Waals surface area (Å²) in [5.74, 6) is 4.46. The molecule has 0 amide bonds. The van der Waals surface area contributed by atoms with Gasteiger partial charge in [0.15, 0.2) is 0 Å². The van der Waals surface area contributed by atoms with Gasteiger partial charge in [-0.15, -0.1) is 0 Å². The van der Waals surface area contributed by atoms with E-state index in [-0.39, 0.29) is 0 Å². The molecule has 3 aliphatic rings. The highest BCUT2D eigenvalue weighted by molar-refractivity contribution is 5.08. The lowest BCUT2D eigenvalue weighted by atomic mass is 9.73. The van der Waals surface area contributed by atoms with Crippen molar-refractivity contribution in [3.05, 3.63) is 0 Å². The Hall–Kier alpha value is 0. The molecule has 3 saturated carbocycles. The topological polar surface area (TPSA) is 0 Å². The Bertz CT molecular complexity index is 208. The Morgan fingerprint density at radius 2 is 2.08 bits per heavy atom. The SMILES string of the molecule is CC1CC2C3CCCC2C1(C)C3. The van der Waals surface area contributed by atoms with Crippen molar-refractivity contribution >= 4 is 0 Å². The monoisotopic (exact) mass is 164 g/mol. The molecule has 0 N–H and O–H groups in total. The fourth-order valence-electron chi connectivity index (χ4n) is 4.75. The minimum atomic E-state index is 0.770. The zero-order valence-corrected chi connectivity index (χ0v) is 8.34. The predicted octanol–water partition coefficient (Wildman–Crippen LogP) is 3.47. The third kappa shape index (κ3) is 0.661. The van der Waals surface area contributed by atoms with Crippen molar-refractivity contribution in [2.24, 2.45) is 29.1 Å². The molecule has 0 spiro atoms. The number of rotatable bonds is 0. The molecule has 0 aromatic heterocycles. The van der Waals surface area contributed by atoms with Crippen LogP contribution in [0.2, 0.25) is 0 Å². The molecule has 0 heteroatoms. The Morgan fingerprint density at radius 1 is 1.25 bits per heavy atom. The highest BCUT2D eigenvalue weighted by Crippen LogP contribution is 2.67. The summed E-state index contributed by atoms with van der Waals surface area (Å²) >= 11 is 0.